The molecule has 3 saturated carbocycles. The first-order valence-corrected chi connectivity index (χ1v) is 24.5. The van der Waals surface area contributed by atoms with Crippen LogP contribution < -0.4 is 0 Å². The predicted octanol–water partition coefficient (Wildman–Crippen LogP) is 1.58. The Balaban J connectivity index is 0.775. The van der Waals surface area contributed by atoms with Gasteiger partial charge in [0.25, 0.3) is 0 Å². The van der Waals surface area contributed by atoms with E-state index in [1.54, 1.807) is 28.1 Å². The van der Waals surface area contributed by atoms with Gasteiger partial charge in [0.05, 0.1) is 60.9 Å². The fourth-order valence-electron chi connectivity index (χ4n) is 14.1. The molecule has 0 aromatic carbocycles. The van der Waals surface area contributed by atoms with Gasteiger partial charge in [0.2, 0.25) is 0 Å². The van der Waals surface area contributed by atoms with Crippen LogP contribution in [-0.2, 0) is 66.4 Å². The van der Waals surface area contributed by atoms with Crippen molar-refractivity contribution in [1.29, 1.82) is 0 Å². The van der Waals surface area contributed by atoms with Crippen LogP contribution in [0.3, 0.4) is 0 Å². The lowest BCUT2D eigenvalue weighted by atomic mass is 9.45. The third kappa shape index (κ3) is 8.49. The molecule has 4 aliphatic carbocycles. The maximum Gasteiger partial charge on any atom is 0.316 e. The summed E-state index contributed by atoms with van der Waals surface area (Å²) in [5, 5.41) is 53.1. The monoisotopic (exact) mass is 954 g/mol. The van der Waals surface area contributed by atoms with E-state index in [1.165, 1.54) is 12.7 Å². The number of fused-ring (bicyclic) bond motifs is 4. The Morgan fingerprint density at radius 1 is 0.687 bits per heavy atom. The average molecular weight is 955 g/mol. The van der Waals surface area contributed by atoms with Gasteiger partial charge < -0.3 is 82.4 Å². The van der Waals surface area contributed by atoms with Crippen LogP contribution in [0.2, 0.25) is 0 Å². The standard InChI is InChI=1S/C48H74O19/c1-21-37-29(50)19-48(55)28-10-9-25-15-26(11-13-46(25,5)27(28)12-14-47(37,48)45(54)62-21)63-34-16-30(56-6)41(22(2)59-34)65-35-17-31(57-7)42(23(3)60-35)66-36-18-32(58-8)43(24(4)61-36)67-44-40(53)39(52)38(51)33(20-49)64-44/h9,21-24,26-28,30-44,49,51-53,55H,10-20H2,1-8H3/t21-,22-,23-,24+,26+,27+,28-,30+,31+,32-,33-,34+,35+,36-,37+,38-,39+,40-,41-,42-,43+,44+,46+,47-,48+/m1/s1. The number of rotatable bonds is 12. The molecule has 380 valence electrons. The third-order valence-corrected chi connectivity index (χ3v) is 17.6. The van der Waals surface area contributed by atoms with Crippen LogP contribution in [0.5, 0.6) is 0 Å². The lowest BCUT2D eigenvalue weighted by Crippen LogP contribution is -2.63. The quantitative estimate of drug-likeness (QED) is 0.138. The van der Waals surface area contributed by atoms with Crippen molar-refractivity contribution in [2.45, 2.75) is 221 Å². The molecular formula is C48H74O19. The minimum absolute atomic E-state index is 0.0186. The van der Waals surface area contributed by atoms with Gasteiger partial charge in [0.1, 0.15) is 60.0 Å². The highest BCUT2D eigenvalue weighted by atomic mass is 16.8. The molecule has 0 unspecified atom stereocenters. The molecule has 67 heavy (non-hydrogen) atoms. The molecule has 9 aliphatic rings. The van der Waals surface area contributed by atoms with E-state index in [0.29, 0.717) is 25.7 Å². The van der Waals surface area contributed by atoms with Gasteiger partial charge in [-0.1, -0.05) is 18.6 Å². The van der Waals surface area contributed by atoms with Crippen molar-refractivity contribution in [2.75, 3.05) is 27.9 Å². The van der Waals surface area contributed by atoms with Gasteiger partial charge in [-0.2, -0.15) is 0 Å². The number of aliphatic hydroxyl groups is 5. The predicted molar refractivity (Wildman–Crippen MR) is 229 cm³/mol. The zero-order chi connectivity index (χ0) is 47.9. The first-order chi connectivity index (χ1) is 31.9. The van der Waals surface area contributed by atoms with Crippen molar-refractivity contribution >= 4 is 11.8 Å². The second-order valence-electron chi connectivity index (χ2n) is 21.1. The van der Waals surface area contributed by atoms with E-state index in [9.17, 15) is 35.1 Å². The summed E-state index contributed by atoms with van der Waals surface area (Å²) in [4.78, 5) is 26.8. The zero-order valence-electron chi connectivity index (χ0n) is 40.0. The first kappa shape index (κ1) is 50.2. The Hall–Kier alpha value is -1.76. The number of hydrogen-bond donors (Lipinski definition) is 5. The Labute approximate surface area is 392 Å². The summed E-state index contributed by atoms with van der Waals surface area (Å²) in [5.74, 6) is -1.08. The van der Waals surface area contributed by atoms with Gasteiger partial charge in [-0.25, -0.2) is 0 Å². The van der Waals surface area contributed by atoms with Gasteiger partial charge >= 0.3 is 5.97 Å². The third-order valence-electron chi connectivity index (χ3n) is 17.6. The molecule has 0 bridgehead atoms. The molecule has 5 N–H and O–H groups in total. The number of ether oxygens (including phenoxy) is 12. The Morgan fingerprint density at radius 3 is 1.79 bits per heavy atom. The van der Waals surface area contributed by atoms with E-state index in [2.05, 4.69) is 13.0 Å². The number of aliphatic hydroxyl groups excluding tert-OH is 4. The minimum atomic E-state index is -1.59. The molecule has 0 amide bonds. The van der Waals surface area contributed by atoms with Crippen molar-refractivity contribution in [3.8, 4) is 0 Å². The second-order valence-corrected chi connectivity index (χ2v) is 21.1. The highest BCUT2D eigenvalue weighted by Gasteiger charge is 2.78. The van der Waals surface area contributed by atoms with Crippen LogP contribution in [0, 0.1) is 28.6 Å². The van der Waals surface area contributed by atoms with Crippen LogP contribution >= 0.6 is 0 Å². The summed E-state index contributed by atoms with van der Waals surface area (Å²) in [5.41, 5.74) is -1.41. The average Bonchev–Trinajstić information content (AvgIpc) is 3.71. The Kier molecular flexibility index (Phi) is 14.5. The van der Waals surface area contributed by atoms with Crippen molar-refractivity contribution in [3.63, 3.8) is 0 Å². The van der Waals surface area contributed by atoms with E-state index in [-0.39, 0.29) is 48.1 Å². The van der Waals surface area contributed by atoms with Crippen LogP contribution in [-0.4, -0.2) is 188 Å². The summed E-state index contributed by atoms with van der Waals surface area (Å²) in [7, 11) is 4.79. The van der Waals surface area contributed by atoms with E-state index < -0.39 is 134 Å². The lowest BCUT2D eigenvalue weighted by molar-refractivity contribution is -0.357. The van der Waals surface area contributed by atoms with Crippen LogP contribution in [0.25, 0.3) is 0 Å². The number of cyclic esters (lactones) is 1. The maximum atomic E-state index is 13.4. The molecule has 5 aliphatic heterocycles. The fourth-order valence-corrected chi connectivity index (χ4v) is 14.1. The van der Waals surface area contributed by atoms with Crippen LogP contribution in [0.1, 0.15) is 98.8 Å². The van der Waals surface area contributed by atoms with E-state index in [1.807, 2.05) is 13.8 Å². The van der Waals surface area contributed by atoms with Crippen LogP contribution in [0.4, 0.5) is 0 Å². The molecule has 5 heterocycles. The highest BCUT2D eigenvalue weighted by molar-refractivity contribution is 5.98. The van der Waals surface area contributed by atoms with Gasteiger partial charge in [0, 0.05) is 47.0 Å². The number of hydrogen-bond acceptors (Lipinski definition) is 19. The molecule has 19 nitrogen and oxygen atoms in total. The molecule has 9 rings (SSSR count). The Bertz CT molecular complexity index is 1820. The maximum absolute atomic E-state index is 13.4. The number of esters is 1. The number of Topliss-reactive ketones (excluding diaryl/α,β-unsaturated/α-hetero) is 1. The molecule has 25 atom stereocenters. The number of carbonyl (C=O) groups excluding carboxylic acids is 2. The lowest BCUT2D eigenvalue weighted by Gasteiger charge is -2.59. The molecule has 8 fully saturated rings. The summed E-state index contributed by atoms with van der Waals surface area (Å²) in [6, 6.07) is 0. The summed E-state index contributed by atoms with van der Waals surface area (Å²) < 4.78 is 74.1. The summed E-state index contributed by atoms with van der Waals surface area (Å²) in [6.45, 7) is 9.09. The molecular weight excluding hydrogens is 881 g/mol. The van der Waals surface area contributed by atoms with Crippen molar-refractivity contribution in [3.05, 3.63) is 11.6 Å². The molecule has 1 spiro atoms. The first-order valence-electron chi connectivity index (χ1n) is 24.5. The SMILES string of the molecule is CO[C@H]1C[C@H](O[C@H]2CC[C@@]3(C)C(=CC[C@@H]4[C@@H]3CC[C@]35C(=O)O[C@H](C)[C@H]3C(=O)C[C@]45O)C2)O[C@H](C)[C@H]1O[C@H]1C[C@H](OC)[C@H](O[C@@H]2C[C@@H](OC)[C@@H](O[C@@H]3O[C@H](CO)[C@@H](O)[C@H](O)[C@H]3O)[C@H](C)O2)[C@@H](C)O1. The van der Waals surface area contributed by atoms with Gasteiger partial charge in [0.15, 0.2) is 25.2 Å². The Morgan fingerprint density at radius 2 is 1.24 bits per heavy atom. The number of allylic oxidation sites excluding steroid dienone is 1. The van der Waals surface area contributed by atoms with Crippen LogP contribution in [0.15, 0.2) is 11.6 Å². The number of carbonyl (C=O) groups is 2. The smallest absolute Gasteiger partial charge is 0.316 e. The molecule has 0 aromatic rings. The zero-order valence-corrected chi connectivity index (χ0v) is 40.0. The van der Waals surface area contributed by atoms with Gasteiger partial charge in [-0.3, -0.25) is 9.59 Å². The summed E-state index contributed by atoms with van der Waals surface area (Å²) in [6.07, 6.45) is -6.78. The molecule has 5 saturated heterocycles. The second kappa shape index (κ2) is 19.3. The van der Waals surface area contributed by atoms with E-state index >= 15 is 0 Å². The largest absolute Gasteiger partial charge is 0.461 e. The topological polar surface area (TPSA) is 246 Å². The minimum Gasteiger partial charge on any atom is -0.461 e. The van der Waals surface area contributed by atoms with E-state index in [0.717, 1.165) is 25.7 Å². The van der Waals surface area contributed by atoms with Gasteiger partial charge in [-0.15, -0.1) is 0 Å². The highest BCUT2D eigenvalue weighted by Crippen LogP contribution is 2.70. The normalized spacial score (nSPS) is 53.2. The van der Waals surface area contributed by atoms with Crippen molar-refractivity contribution < 1.29 is 92.0 Å². The fraction of sp³-hybridized carbons (Fsp3) is 0.917. The summed E-state index contributed by atoms with van der Waals surface area (Å²) >= 11 is 0. The van der Waals surface area contributed by atoms with Crippen molar-refractivity contribution in [1.82, 2.24) is 0 Å². The molecule has 19 heteroatoms. The molecule has 0 radical (unpaired) electrons. The molecule has 0 aromatic heterocycles. The van der Waals surface area contributed by atoms with E-state index in [4.69, 9.17) is 56.8 Å². The van der Waals surface area contributed by atoms with Gasteiger partial charge in [-0.05, 0) is 83.5 Å². The van der Waals surface area contributed by atoms with Crippen molar-refractivity contribution in [2.24, 2.45) is 28.6 Å². The number of methoxy groups -OCH3 is 3. The number of ketones is 1.